The van der Waals surface area contributed by atoms with Gasteiger partial charge in [-0.25, -0.2) is 0 Å². The first-order chi connectivity index (χ1) is 8.08. The molecule has 0 rings (SSSR count). The van der Waals surface area contributed by atoms with Gasteiger partial charge >= 0.3 is 0 Å². The molecule has 4 nitrogen and oxygen atoms in total. The van der Waals surface area contributed by atoms with E-state index in [4.69, 9.17) is 9.47 Å². The molecule has 0 N–H and O–H groups in total. The van der Waals surface area contributed by atoms with E-state index in [1.807, 2.05) is 6.92 Å². The van der Waals surface area contributed by atoms with Crippen molar-refractivity contribution < 1.29 is 19.1 Å². The maximum absolute atomic E-state index is 12.2. The van der Waals surface area contributed by atoms with Crippen molar-refractivity contribution in [3.8, 4) is 0 Å². The number of carbonyl (C=O) groups excluding carboxylic acids is 2. The van der Waals surface area contributed by atoms with E-state index in [1.165, 1.54) is 7.11 Å². The van der Waals surface area contributed by atoms with Gasteiger partial charge in [-0.2, -0.15) is 0 Å². The third-order valence-electron chi connectivity index (χ3n) is 3.04. The Hall–Kier alpha value is -0.740. The molecular formula is C14H26O4. The Morgan fingerprint density at radius 2 is 1.61 bits per heavy atom. The van der Waals surface area contributed by atoms with Gasteiger partial charge in [0.2, 0.25) is 11.6 Å². The highest BCUT2D eigenvalue weighted by Gasteiger charge is 2.41. The van der Waals surface area contributed by atoms with Crippen LogP contribution < -0.4 is 0 Å². The van der Waals surface area contributed by atoms with Gasteiger partial charge in [-0.3, -0.25) is 9.59 Å². The number of hydrogen-bond donors (Lipinski definition) is 0. The van der Waals surface area contributed by atoms with Crippen molar-refractivity contribution in [3.05, 3.63) is 0 Å². The van der Waals surface area contributed by atoms with Crippen LogP contribution in [0.3, 0.4) is 0 Å². The Morgan fingerprint density at radius 3 is 2.00 bits per heavy atom. The molecule has 0 saturated carbocycles. The maximum Gasteiger partial charge on any atom is 0.230 e. The molecule has 0 aliphatic rings. The van der Waals surface area contributed by atoms with Crippen LogP contribution in [0, 0.1) is 5.41 Å². The molecule has 0 radical (unpaired) electrons. The molecular weight excluding hydrogens is 232 g/mol. The van der Waals surface area contributed by atoms with Gasteiger partial charge in [0.15, 0.2) is 6.29 Å². The number of carbonyl (C=O) groups is 2. The van der Waals surface area contributed by atoms with Gasteiger partial charge in [0.1, 0.15) is 5.60 Å². The van der Waals surface area contributed by atoms with E-state index in [2.05, 4.69) is 0 Å². The molecule has 0 bridgehead atoms. The summed E-state index contributed by atoms with van der Waals surface area (Å²) in [7, 11) is 1.49. The second-order valence-electron chi connectivity index (χ2n) is 5.72. The molecule has 0 heterocycles. The lowest BCUT2D eigenvalue weighted by atomic mass is 9.78. The summed E-state index contributed by atoms with van der Waals surface area (Å²) < 4.78 is 10.4. The van der Waals surface area contributed by atoms with E-state index >= 15 is 0 Å². The lowest BCUT2D eigenvalue weighted by Crippen LogP contribution is -2.47. The molecule has 0 aliphatic carbocycles. The van der Waals surface area contributed by atoms with Crippen molar-refractivity contribution in [2.75, 3.05) is 7.11 Å². The van der Waals surface area contributed by atoms with E-state index in [-0.39, 0.29) is 5.78 Å². The Balaban J connectivity index is 4.87. The first-order valence-electron chi connectivity index (χ1n) is 6.38. The number of hydrogen-bond acceptors (Lipinski definition) is 4. The normalized spacial score (nSPS) is 14.4. The molecule has 0 spiro atoms. The molecule has 1 unspecified atom stereocenters. The number of Topliss-reactive ketones (excluding diaryl/α,β-unsaturated/α-hetero) is 2. The molecule has 0 aromatic rings. The minimum atomic E-state index is -1.16. The molecule has 0 amide bonds. The lowest BCUT2D eigenvalue weighted by Gasteiger charge is -2.30. The molecule has 0 saturated heterocycles. The summed E-state index contributed by atoms with van der Waals surface area (Å²) in [5.74, 6) is -0.873. The Morgan fingerprint density at radius 1 is 1.11 bits per heavy atom. The van der Waals surface area contributed by atoms with E-state index in [1.54, 1.807) is 34.6 Å². The summed E-state index contributed by atoms with van der Waals surface area (Å²) in [6, 6.07) is 0. The quantitative estimate of drug-likeness (QED) is 0.496. The van der Waals surface area contributed by atoms with Gasteiger partial charge < -0.3 is 9.47 Å². The molecule has 106 valence electrons. The van der Waals surface area contributed by atoms with E-state index in [0.29, 0.717) is 6.42 Å². The first kappa shape index (κ1) is 17.3. The third-order valence-corrected chi connectivity index (χ3v) is 3.04. The minimum Gasteiger partial charge on any atom is -0.356 e. The molecule has 0 aromatic carbocycles. The van der Waals surface area contributed by atoms with E-state index in [9.17, 15) is 9.59 Å². The van der Waals surface area contributed by atoms with Gasteiger partial charge in [0.05, 0.1) is 0 Å². The van der Waals surface area contributed by atoms with E-state index in [0.717, 1.165) is 6.42 Å². The van der Waals surface area contributed by atoms with Crippen molar-refractivity contribution in [2.24, 2.45) is 5.41 Å². The summed E-state index contributed by atoms with van der Waals surface area (Å²) in [6.07, 6.45) is 1.03. The van der Waals surface area contributed by atoms with Crippen molar-refractivity contribution in [1.82, 2.24) is 0 Å². The average molecular weight is 258 g/mol. The number of rotatable bonds is 8. The molecule has 1 atom stereocenters. The number of ether oxygens (including phenoxy) is 2. The summed E-state index contributed by atoms with van der Waals surface area (Å²) in [6.45, 7) is 10.5. The fourth-order valence-electron chi connectivity index (χ4n) is 1.84. The Bertz CT molecular complexity index is 305. The zero-order valence-corrected chi connectivity index (χ0v) is 12.6. The van der Waals surface area contributed by atoms with Crippen LogP contribution in [0.5, 0.6) is 0 Å². The maximum atomic E-state index is 12.2. The van der Waals surface area contributed by atoms with Crippen LogP contribution in [-0.4, -0.2) is 30.6 Å². The van der Waals surface area contributed by atoms with Gasteiger partial charge in [0.25, 0.3) is 0 Å². The fraction of sp³-hybridized carbons (Fsp3) is 0.857. The number of ketones is 2. The smallest absolute Gasteiger partial charge is 0.230 e. The van der Waals surface area contributed by atoms with Gasteiger partial charge in [-0.1, -0.05) is 27.2 Å². The zero-order chi connectivity index (χ0) is 14.6. The largest absolute Gasteiger partial charge is 0.356 e. The average Bonchev–Trinajstić information content (AvgIpc) is 2.26. The highest BCUT2D eigenvalue weighted by atomic mass is 16.7. The van der Waals surface area contributed by atoms with Crippen molar-refractivity contribution in [2.45, 2.75) is 66.3 Å². The number of methoxy groups -OCH3 is 1. The van der Waals surface area contributed by atoms with Gasteiger partial charge in [-0.05, 0) is 27.2 Å². The summed E-state index contributed by atoms with van der Waals surface area (Å²) >= 11 is 0. The minimum absolute atomic E-state index is 0.377. The van der Waals surface area contributed by atoms with Crippen LogP contribution in [0.1, 0.15) is 54.4 Å². The van der Waals surface area contributed by atoms with Crippen molar-refractivity contribution in [1.29, 1.82) is 0 Å². The molecule has 4 heteroatoms. The Kier molecular flexibility index (Phi) is 6.17. The molecule has 0 aromatic heterocycles. The van der Waals surface area contributed by atoms with Gasteiger partial charge in [0, 0.05) is 12.5 Å². The van der Waals surface area contributed by atoms with Crippen molar-refractivity contribution in [3.63, 3.8) is 0 Å². The molecule has 18 heavy (non-hydrogen) atoms. The highest BCUT2D eigenvalue weighted by molar-refractivity contribution is 6.41. The highest BCUT2D eigenvalue weighted by Crippen LogP contribution is 2.27. The topological polar surface area (TPSA) is 52.6 Å². The summed E-state index contributed by atoms with van der Waals surface area (Å²) in [5.41, 5.74) is -1.79. The third kappa shape index (κ3) is 4.50. The van der Waals surface area contributed by atoms with E-state index < -0.39 is 23.1 Å². The standard InChI is InChI=1S/C14H26O4/c1-8-9-13(3,4)11(15)12(16)14(5,6)18-10(2)17-7/h10H,8-9H2,1-7H3. The Labute approximate surface area is 110 Å². The monoisotopic (exact) mass is 258 g/mol. The molecule has 0 aliphatic heterocycles. The summed E-state index contributed by atoms with van der Waals surface area (Å²) in [4.78, 5) is 24.4. The van der Waals surface area contributed by atoms with Crippen LogP contribution in [0.2, 0.25) is 0 Å². The fourth-order valence-corrected chi connectivity index (χ4v) is 1.84. The van der Waals surface area contributed by atoms with Crippen LogP contribution in [0.25, 0.3) is 0 Å². The lowest BCUT2D eigenvalue weighted by molar-refractivity contribution is -0.188. The predicted molar refractivity (Wildman–Crippen MR) is 70.3 cm³/mol. The van der Waals surface area contributed by atoms with Crippen molar-refractivity contribution >= 4 is 11.6 Å². The zero-order valence-electron chi connectivity index (χ0n) is 12.6. The molecule has 0 fully saturated rings. The SMILES string of the molecule is CCCC(C)(C)C(=O)C(=O)C(C)(C)OC(C)OC. The van der Waals surface area contributed by atoms with Crippen LogP contribution in [0.4, 0.5) is 0 Å². The second kappa shape index (κ2) is 6.43. The van der Waals surface area contributed by atoms with Crippen LogP contribution >= 0.6 is 0 Å². The van der Waals surface area contributed by atoms with Crippen LogP contribution in [-0.2, 0) is 19.1 Å². The summed E-state index contributed by atoms with van der Waals surface area (Å²) in [5, 5.41) is 0. The van der Waals surface area contributed by atoms with Gasteiger partial charge in [-0.15, -0.1) is 0 Å². The first-order valence-corrected chi connectivity index (χ1v) is 6.38. The van der Waals surface area contributed by atoms with Crippen LogP contribution in [0.15, 0.2) is 0 Å². The second-order valence-corrected chi connectivity index (χ2v) is 5.72. The predicted octanol–water partition coefficient (Wildman–Crippen LogP) is 2.74.